The zero-order valence-corrected chi connectivity index (χ0v) is 14.9. The molecular weight excluding hydrogens is 330 g/mol. The van der Waals surface area contributed by atoms with Crippen molar-refractivity contribution in [2.75, 3.05) is 6.54 Å². The molecule has 0 bridgehead atoms. The molecule has 0 aliphatic heterocycles. The number of carbonyl (C=O) groups is 1. The molecule has 0 saturated carbocycles. The smallest absolute Gasteiger partial charge is 0.220 e. The van der Waals surface area contributed by atoms with E-state index < -0.39 is 15.1 Å². The lowest BCUT2D eigenvalue weighted by molar-refractivity contribution is -0.121. The van der Waals surface area contributed by atoms with Gasteiger partial charge in [0.05, 0.1) is 0 Å². The maximum absolute atomic E-state index is 12.9. The van der Waals surface area contributed by atoms with Gasteiger partial charge in [-0.2, -0.15) is 0 Å². The van der Waals surface area contributed by atoms with Gasteiger partial charge in [-0.05, 0) is 22.9 Å². The first-order valence-electron chi connectivity index (χ1n) is 7.50. The summed E-state index contributed by atoms with van der Waals surface area (Å²) in [6, 6.07) is 12.3. The molecule has 2 aromatic rings. The van der Waals surface area contributed by atoms with Crippen molar-refractivity contribution in [2.24, 2.45) is 5.92 Å². The predicted octanol–water partition coefficient (Wildman–Crippen LogP) is 3.43. The Morgan fingerprint density at radius 3 is 2.39 bits per heavy atom. The van der Waals surface area contributed by atoms with Gasteiger partial charge in [-0.1, -0.05) is 50.2 Å². The van der Waals surface area contributed by atoms with Crippen LogP contribution in [-0.2, 0) is 14.6 Å². The van der Waals surface area contributed by atoms with E-state index in [1.54, 1.807) is 29.6 Å². The van der Waals surface area contributed by atoms with E-state index in [-0.39, 0.29) is 18.4 Å². The molecular formula is C17H21NO3S2. The molecule has 1 amide bonds. The number of thiophene rings is 1. The van der Waals surface area contributed by atoms with Crippen LogP contribution in [0.25, 0.3) is 0 Å². The highest BCUT2D eigenvalue weighted by atomic mass is 32.2. The van der Waals surface area contributed by atoms with Crippen molar-refractivity contribution in [3.05, 3.63) is 53.4 Å². The first kappa shape index (κ1) is 17.7. The molecule has 1 aromatic heterocycles. The molecule has 1 atom stereocenters. The highest BCUT2D eigenvalue weighted by Gasteiger charge is 2.30. The third kappa shape index (κ3) is 4.65. The van der Waals surface area contributed by atoms with Crippen molar-refractivity contribution in [3.63, 3.8) is 0 Å². The molecule has 0 aliphatic carbocycles. The quantitative estimate of drug-likeness (QED) is 0.831. The summed E-state index contributed by atoms with van der Waals surface area (Å²) in [5.74, 6) is 0.112. The zero-order chi connectivity index (χ0) is 16.9. The van der Waals surface area contributed by atoms with Crippen molar-refractivity contribution >= 4 is 27.1 Å². The second kappa shape index (κ2) is 7.75. The molecule has 2 rings (SSSR count). The van der Waals surface area contributed by atoms with E-state index >= 15 is 0 Å². The van der Waals surface area contributed by atoms with Crippen LogP contribution in [0.2, 0.25) is 0 Å². The van der Waals surface area contributed by atoms with E-state index in [1.165, 1.54) is 11.3 Å². The lowest BCUT2D eigenvalue weighted by Crippen LogP contribution is -2.32. The third-order valence-corrected chi connectivity index (χ3v) is 6.93. The van der Waals surface area contributed by atoms with Crippen molar-refractivity contribution in [1.29, 1.82) is 0 Å². The Hall–Kier alpha value is -1.66. The van der Waals surface area contributed by atoms with Crippen LogP contribution in [0.4, 0.5) is 0 Å². The first-order chi connectivity index (χ1) is 10.9. The SMILES string of the molecule is CC(C)CC(=O)NC[C@@H](c1ccccc1)S(=O)(=O)c1cccs1. The maximum Gasteiger partial charge on any atom is 0.220 e. The van der Waals surface area contributed by atoms with Gasteiger partial charge in [-0.25, -0.2) is 8.42 Å². The standard InChI is InChI=1S/C17H21NO3S2/c1-13(2)11-16(19)18-12-15(14-7-4-3-5-8-14)23(20,21)17-9-6-10-22-17/h3-10,13,15H,11-12H2,1-2H3,(H,18,19)/t15-/m0/s1. The highest BCUT2D eigenvalue weighted by molar-refractivity contribution is 7.93. The zero-order valence-electron chi connectivity index (χ0n) is 13.2. The van der Waals surface area contributed by atoms with Crippen LogP contribution in [0.3, 0.4) is 0 Å². The van der Waals surface area contributed by atoms with Crippen molar-refractivity contribution in [3.8, 4) is 0 Å². The van der Waals surface area contributed by atoms with E-state index in [0.29, 0.717) is 16.2 Å². The summed E-state index contributed by atoms with van der Waals surface area (Å²) in [4.78, 5) is 11.9. The minimum atomic E-state index is -3.53. The number of benzene rings is 1. The van der Waals surface area contributed by atoms with Gasteiger partial charge in [-0.15, -0.1) is 11.3 Å². The Morgan fingerprint density at radius 1 is 1.13 bits per heavy atom. The summed E-state index contributed by atoms with van der Waals surface area (Å²) >= 11 is 1.20. The van der Waals surface area contributed by atoms with E-state index in [2.05, 4.69) is 5.32 Å². The second-order valence-electron chi connectivity index (χ2n) is 5.78. The largest absolute Gasteiger partial charge is 0.354 e. The Labute approximate surface area is 141 Å². The molecule has 23 heavy (non-hydrogen) atoms. The van der Waals surface area contributed by atoms with Gasteiger partial charge in [0.1, 0.15) is 9.46 Å². The normalized spacial score (nSPS) is 13.0. The number of rotatable bonds is 7. The summed E-state index contributed by atoms with van der Waals surface area (Å²) < 4.78 is 26.1. The molecule has 1 aromatic carbocycles. The van der Waals surface area contributed by atoms with Crippen LogP contribution < -0.4 is 5.32 Å². The molecule has 0 fully saturated rings. The second-order valence-corrected chi connectivity index (χ2v) is 9.08. The summed E-state index contributed by atoms with van der Waals surface area (Å²) in [7, 11) is -3.53. The van der Waals surface area contributed by atoms with Crippen molar-refractivity contribution in [2.45, 2.75) is 29.7 Å². The lowest BCUT2D eigenvalue weighted by atomic mass is 10.1. The van der Waals surface area contributed by atoms with Gasteiger partial charge in [0, 0.05) is 13.0 Å². The fraction of sp³-hybridized carbons (Fsp3) is 0.353. The Kier molecular flexibility index (Phi) is 5.96. The fourth-order valence-electron chi connectivity index (χ4n) is 2.29. The molecule has 1 heterocycles. The van der Waals surface area contributed by atoms with E-state index in [9.17, 15) is 13.2 Å². The first-order valence-corrected chi connectivity index (χ1v) is 9.93. The Balaban J connectivity index is 2.25. The average molecular weight is 351 g/mol. The minimum absolute atomic E-state index is 0.0792. The van der Waals surface area contributed by atoms with E-state index in [1.807, 2.05) is 32.0 Å². The molecule has 124 valence electrons. The average Bonchev–Trinajstić information content (AvgIpc) is 3.02. The van der Waals surface area contributed by atoms with Crippen LogP contribution in [0.1, 0.15) is 31.1 Å². The summed E-state index contributed by atoms with van der Waals surface area (Å²) in [6.45, 7) is 3.99. The fourth-order valence-corrected chi connectivity index (χ4v) is 5.16. The molecule has 0 spiro atoms. The maximum atomic E-state index is 12.9. The van der Waals surface area contributed by atoms with E-state index in [0.717, 1.165) is 0 Å². The number of carbonyl (C=O) groups excluding carboxylic acids is 1. The molecule has 0 saturated heterocycles. The van der Waals surface area contributed by atoms with Crippen LogP contribution in [0.5, 0.6) is 0 Å². The summed E-state index contributed by atoms with van der Waals surface area (Å²) in [5, 5.41) is 3.73. The number of amides is 1. The van der Waals surface area contributed by atoms with Gasteiger partial charge in [0.15, 0.2) is 9.84 Å². The van der Waals surface area contributed by atoms with Crippen LogP contribution in [0, 0.1) is 5.92 Å². The summed E-state index contributed by atoms with van der Waals surface area (Å²) in [6.07, 6.45) is 0.389. The molecule has 1 N–H and O–H groups in total. The number of sulfone groups is 1. The molecule has 4 nitrogen and oxygen atoms in total. The summed E-state index contributed by atoms with van der Waals surface area (Å²) in [5.41, 5.74) is 0.686. The molecule has 0 unspecified atom stereocenters. The molecule has 6 heteroatoms. The van der Waals surface area contributed by atoms with Gasteiger partial charge in [0.25, 0.3) is 0 Å². The lowest BCUT2D eigenvalue weighted by Gasteiger charge is -2.18. The number of hydrogen-bond donors (Lipinski definition) is 1. The highest BCUT2D eigenvalue weighted by Crippen LogP contribution is 2.31. The Morgan fingerprint density at radius 2 is 1.83 bits per heavy atom. The van der Waals surface area contributed by atoms with E-state index in [4.69, 9.17) is 0 Å². The van der Waals surface area contributed by atoms with Crippen molar-refractivity contribution < 1.29 is 13.2 Å². The molecule has 0 radical (unpaired) electrons. The monoisotopic (exact) mass is 351 g/mol. The van der Waals surface area contributed by atoms with Crippen molar-refractivity contribution in [1.82, 2.24) is 5.32 Å². The predicted molar refractivity (Wildman–Crippen MR) is 93.2 cm³/mol. The third-order valence-electron chi connectivity index (χ3n) is 3.40. The number of nitrogens with one attached hydrogen (secondary N) is 1. The topological polar surface area (TPSA) is 63.2 Å². The van der Waals surface area contributed by atoms with Gasteiger partial charge >= 0.3 is 0 Å². The van der Waals surface area contributed by atoms with Gasteiger partial charge in [-0.3, -0.25) is 4.79 Å². The number of hydrogen-bond acceptors (Lipinski definition) is 4. The molecule has 0 aliphatic rings. The van der Waals surface area contributed by atoms with Gasteiger partial charge in [0.2, 0.25) is 5.91 Å². The van der Waals surface area contributed by atoms with Crippen LogP contribution in [-0.4, -0.2) is 20.9 Å². The Bertz CT molecular complexity index is 722. The van der Waals surface area contributed by atoms with Gasteiger partial charge < -0.3 is 5.32 Å². The minimum Gasteiger partial charge on any atom is -0.354 e. The van der Waals surface area contributed by atoms with Crippen LogP contribution in [0.15, 0.2) is 52.1 Å². The van der Waals surface area contributed by atoms with Crippen LogP contribution >= 0.6 is 11.3 Å².